The number of nitrogens with zero attached hydrogens (tertiary/aromatic N) is 1. The number of ketones is 1. The van der Waals surface area contributed by atoms with Crippen LogP contribution in [0.5, 0.6) is 0 Å². The zero-order valence-electron chi connectivity index (χ0n) is 10.7. The largest absolute Gasteiger partial charge is 0.481 e. The molecule has 0 aromatic heterocycles. The maximum absolute atomic E-state index is 11.5. The van der Waals surface area contributed by atoms with Crippen LogP contribution in [0.1, 0.15) is 12.8 Å². The van der Waals surface area contributed by atoms with E-state index < -0.39 is 17.9 Å². The summed E-state index contributed by atoms with van der Waals surface area (Å²) < 4.78 is 0. The van der Waals surface area contributed by atoms with Gasteiger partial charge in [-0.1, -0.05) is 0 Å². The Bertz CT molecular complexity index is 574. The minimum absolute atomic E-state index is 0.110. The molecule has 1 atom stereocenters. The number of carboxylic acid groups (broad SMARTS) is 1. The van der Waals surface area contributed by atoms with E-state index in [0.29, 0.717) is 5.57 Å². The van der Waals surface area contributed by atoms with E-state index in [1.165, 1.54) is 6.08 Å². The molecule has 0 aromatic rings. The van der Waals surface area contributed by atoms with Crippen molar-refractivity contribution in [3.8, 4) is 0 Å². The Labute approximate surface area is 115 Å². The highest BCUT2D eigenvalue weighted by molar-refractivity contribution is 6.06. The summed E-state index contributed by atoms with van der Waals surface area (Å²) in [6.07, 6.45) is 4.63. The van der Waals surface area contributed by atoms with Crippen molar-refractivity contribution < 1.29 is 19.5 Å². The number of carbonyl (C=O) groups is 3. The Morgan fingerprint density at radius 1 is 1.40 bits per heavy atom. The normalized spacial score (nSPS) is 18.9. The summed E-state index contributed by atoms with van der Waals surface area (Å²) in [6, 6.07) is -0.729. The topological polar surface area (TPSA) is 127 Å². The van der Waals surface area contributed by atoms with Gasteiger partial charge in [0.1, 0.15) is 6.04 Å². The van der Waals surface area contributed by atoms with Crippen molar-refractivity contribution in [1.82, 2.24) is 4.90 Å². The Hall–Kier alpha value is -2.57. The first-order chi connectivity index (χ1) is 9.40. The van der Waals surface area contributed by atoms with Gasteiger partial charge in [0.25, 0.3) is 0 Å². The smallest absolute Gasteiger partial charge is 0.303 e. The van der Waals surface area contributed by atoms with Crippen LogP contribution in [0.25, 0.3) is 0 Å². The molecule has 7 heteroatoms. The van der Waals surface area contributed by atoms with Gasteiger partial charge in [-0.3, -0.25) is 14.4 Å². The number of carbonyl (C=O) groups excluding carboxylic acids is 2. The third-order valence-electron chi connectivity index (χ3n) is 3.36. The molecule has 5 N–H and O–H groups in total. The Morgan fingerprint density at radius 3 is 2.70 bits per heavy atom. The van der Waals surface area contributed by atoms with E-state index >= 15 is 0 Å². The van der Waals surface area contributed by atoms with Crippen molar-refractivity contribution in [2.45, 2.75) is 18.9 Å². The number of hydrogen-bond acceptors (Lipinski definition) is 5. The second-order valence-electron chi connectivity index (χ2n) is 4.70. The molecule has 1 aliphatic carbocycles. The highest BCUT2D eigenvalue weighted by Gasteiger charge is 2.31. The predicted octanol–water partition coefficient (Wildman–Crippen LogP) is -0.744. The van der Waals surface area contributed by atoms with Gasteiger partial charge >= 0.3 is 5.97 Å². The van der Waals surface area contributed by atoms with Gasteiger partial charge in [-0.15, -0.1) is 0 Å². The van der Waals surface area contributed by atoms with E-state index in [2.05, 4.69) is 0 Å². The molecule has 1 heterocycles. The van der Waals surface area contributed by atoms with Crippen LogP contribution in [0.4, 0.5) is 0 Å². The highest BCUT2D eigenvalue weighted by atomic mass is 16.4. The first-order valence-electron chi connectivity index (χ1n) is 6.10. The van der Waals surface area contributed by atoms with Gasteiger partial charge in [-0.05, 0) is 24.1 Å². The summed E-state index contributed by atoms with van der Waals surface area (Å²) in [5.41, 5.74) is 12.6. The number of amides is 1. The molecule has 1 amide bonds. The van der Waals surface area contributed by atoms with Crippen LogP contribution in [-0.4, -0.2) is 40.3 Å². The lowest BCUT2D eigenvalue weighted by Gasteiger charge is -2.24. The van der Waals surface area contributed by atoms with Crippen molar-refractivity contribution in [2.75, 3.05) is 6.54 Å². The quantitative estimate of drug-likeness (QED) is 0.607. The first kappa shape index (κ1) is 13.9. The molecule has 2 aliphatic rings. The number of nitrogens with two attached hydrogens (primary N) is 2. The van der Waals surface area contributed by atoms with Crippen LogP contribution in [0.2, 0.25) is 0 Å². The number of hydrogen-bond donors (Lipinski definition) is 3. The molecule has 20 heavy (non-hydrogen) atoms. The molecule has 0 fully saturated rings. The molecule has 0 saturated heterocycles. The summed E-state index contributed by atoms with van der Waals surface area (Å²) in [5, 5.41) is 8.70. The van der Waals surface area contributed by atoms with Crippen LogP contribution < -0.4 is 11.5 Å². The minimum atomic E-state index is -0.991. The molecule has 7 nitrogen and oxygen atoms in total. The van der Waals surface area contributed by atoms with E-state index in [1.54, 1.807) is 17.2 Å². The summed E-state index contributed by atoms with van der Waals surface area (Å²) in [7, 11) is 0. The Balaban J connectivity index is 2.20. The summed E-state index contributed by atoms with van der Waals surface area (Å²) >= 11 is 0. The number of primary amides is 1. The van der Waals surface area contributed by atoms with E-state index in [1.807, 2.05) is 0 Å². The molecule has 0 radical (unpaired) electrons. The van der Waals surface area contributed by atoms with Gasteiger partial charge in [-0.25, -0.2) is 0 Å². The maximum Gasteiger partial charge on any atom is 0.303 e. The molecule has 1 unspecified atom stereocenters. The van der Waals surface area contributed by atoms with Crippen LogP contribution in [0, 0.1) is 0 Å². The van der Waals surface area contributed by atoms with Gasteiger partial charge in [0.15, 0.2) is 0 Å². The lowest BCUT2D eigenvalue weighted by Crippen LogP contribution is -2.41. The van der Waals surface area contributed by atoms with E-state index in [9.17, 15) is 14.4 Å². The molecule has 0 spiro atoms. The number of carboxylic acids is 1. The molecule has 2 rings (SSSR count). The van der Waals surface area contributed by atoms with Crippen molar-refractivity contribution in [2.24, 2.45) is 11.5 Å². The van der Waals surface area contributed by atoms with Crippen LogP contribution in [0.15, 0.2) is 35.2 Å². The summed E-state index contributed by atoms with van der Waals surface area (Å²) in [5.74, 6) is -1.86. The zero-order valence-corrected chi connectivity index (χ0v) is 10.7. The third-order valence-corrected chi connectivity index (χ3v) is 3.36. The fraction of sp³-hybridized carbons (Fsp3) is 0.308. The van der Waals surface area contributed by atoms with Gasteiger partial charge in [-0.2, -0.15) is 0 Å². The average molecular weight is 277 g/mol. The third kappa shape index (κ3) is 2.56. The molecule has 106 valence electrons. The zero-order chi connectivity index (χ0) is 14.9. The van der Waals surface area contributed by atoms with Crippen molar-refractivity contribution in [1.29, 1.82) is 0 Å². The molecule has 0 bridgehead atoms. The van der Waals surface area contributed by atoms with E-state index in [0.717, 1.165) is 5.57 Å². The molecule has 1 aliphatic heterocycles. The lowest BCUT2D eigenvalue weighted by molar-refractivity contribution is -0.137. The van der Waals surface area contributed by atoms with E-state index in [-0.39, 0.29) is 30.9 Å². The number of fused-ring (bicyclic) bond motifs is 1. The van der Waals surface area contributed by atoms with Crippen LogP contribution >= 0.6 is 0 Å². The standard InChI is InChI=1S/C13H15N3O4/c14-12-8-6-16(5-7(8)1-3-10(12)17)9(13(15)20)2-4-11(18)19/h1,3,5,9H,2,4,6,14H2,(H2,15,20)(H,18,19). The van der Waals surface area contributed by atoms with Crippen LogP contribution in [-0.2, 0) is 14.4 Å². The molecule has 0 saturated carbocycles. The first-order valence-corrected chi connectivity index (χ1v) is 6.10. The van der Waals surface area contributed by atoms with Crippen molar-refractivity contribution in [3.05, 3.63) is 35.2 Å². The summed E-state index contributed by atoms with van der Waals surface area (Å²) in [6.45, 7) is 0.282. The molecule has 0 aromatic carbocycles. The Morgan fingerprint density at radius 2 is 2.10 bits per heavy atom. The minimum Gasteiger partial charge on any atom is -0.481 e. The second kappa shape index (κ2) is 5.20. The predicted molar refractivity (Wildman–Crippen MR) is 70.0 cm³/mol. The monoisotopic (exact) mass is 277 g/mol. The second-order valence-corrected chi connectivity index (χ2v) is 4.70. The van der Waals surface area contributed by atoms with Gasteiger partial charge in [0, 0.05) is 24.7 Å². The highest BCUT2D eigenvalue weighted by Crippen LogP contribution is 2.29. The van der Waals surface area contributed by atoms with Crippen LogP contribution in [0.3, 0.4) is 0 Å². The van der Waals surface area contributed by atoms with Crippen molar-refractivity contribution in [3.63, 3.8) is 0 Å². The van der Waals surface area contributed by atoms with E-state index in [4.69, 9.17) is 16.6 Å². The summed E-state index contributed by atoms with van der Waals surface area (Å²) in [4.78, 5) is 35.2. The lowest BCUT2D eigenvalue weighted by atomic mass is 9.99. The van der Waals surface area contributed by atoms with Gasteiger partial charge in [0.05, 0.1) is 5.70 Å². The van der Waals surface area contributed by atoms with Crippen molar-refractivity contribution >= 4 is 17.7 Å². The fourth-order valence-corrected chi connectivity index (χ4v) is 2.30. The number of aliphatic carboxylic acids is 1. The van der Waals surface area contributed by atoms with Gasteiger partial charge < -0.3 is 21.5 Å². The van der Waals surface area contributed by atoms with Gasteiger partial charge in [0.2, 0.25) is 11.7 Å². The maximum atomic E-state index is 11.5. The fourth-order valence-electron chi connectivity index (χ4n) is 2.30. The average Bonchev–Trinajstić information content (AvgIpc) is 2.78. The molecular formula is C13H15N3O4. The SMILES string of the molecule is NC(=O)C(CCC(=O)O)N1C=C2C=CC(=O)C(N)=C2C1. The number of allylic oxidation sites excluding steroid dienone is 2. The molecular weight excluding hydrogens is 262 g/mol. The Kier molecular flexibility index (Phi) is 3.60. The number of rotatable bonds is 5.